The molecule has 2 saturated heterocycles. The van der Waals surface area contributed by atoms with Gasteiger partial charge >= 0.3 is 0 Å². The van der Waals surface area contributed by atoms with Gasteiger partial charge in [-0.15, -0.1) is 0 Å². The van der Waals surface area contributed by atoms with Crippen molar-refractivity contribution in [2.24, 2.45) is 5.92 Å². The van der Waals surface area contributed by atoms with E-state index in [-0.39, 0.29) is 0 Å². The first-order valence-electron chi connectivity index (χ1n) is 3.46. The lowest BCUT2D eigenvalue weighted by molar-refractivity contribution is 0.626. The van der Waals surface area contributed by atoms with Crippen molar-refractivity contribution in [1.82, 2.24) is 0 Å². The Bertz CT molecular complexity index is 170. The fraction of sp³-hybridized carbons (Fsp3) is 1.00. The Balaban J connectivity index is 2.17. The monoisotopic (exact) mass is 194 g/mol. The number of hydrogen-bond donors (Lipinski definition) is 0. The largest absolute Gasteiger partial charge is 0.258 e. The van der Waals surface area contributed by atoms with Crippen molar-refractivity contribution in [1.29, 1.82) is 0 Å². The van der Waals surface area contributed by atoms with Crippen molar-refractivity contribution in [3.8, 4) is 0 Å². The highest BCUT2D eigenvalue weighted by Gasteiger charge is 2.42. The van der Waals surface area contributed by atoms with Gasteiger partial charge in [0.25, 0.3) is 0 Å². The van der Waals surface area contributed by atoms with Crippen LogP contribution in [-0.2, 0) is 10.8 Å². The van der Waals surface area contributed by atoms with Gasteiger partial charge in [0.1, 0.15) is 0 Å². The van der Waals surface area contributed by atoms with Gasteiger partial charge in [0.15, 0.2) is 0 Å². The highest BCUT2D eigenvalue weighted by Crippen LogP contribution is 2.50. The minimum atomic E-state index is -0.531. The van der Waals surface area contributed by atoms with Crippen molar-refractivity contribution in [3.63, 3.8) is 0 Å². The van der Waals surface area contributed by atoms with Gasteiger partial charge in [-0.25, -0.2) is 0 Å². The van der Waals surface area contributed by atoms with Crippen LogP contribution in [0, 0.1) is 5.92 Å². The third-order valence-corrected chi connectivity index (χ3v) is 7.86. The van der Waals surface area contributed by atoms with Crippen LogP contribution in [0.5, 0.6) is 0 Å². The molecule has 4 atom stereocenters. The summed E-state index contributed by atoms with van der Waals surface area (Å²) in [6, 6.07) is 0. The Morgan fingerprint density at radius 3 is 3.10 bits per heavy atom. The van der Waals surface area contributed by atoms with Crippen molar-refractivity contribution in [2.45, 2.75) is 23.2 Å². The summed E-state index contributed by atoms with van der Waals surface area (Å²) in [4.78, 5) is 0. The van der Waals surface area contributed by atoms with Gasteiger partial charge in [-0.1, -0.05) is 28.5 Å². The van der Waals surface area contributed by atoms with Gasteiger partial charge < -0.3 is 0 Å². The second kappa shape index (κ2) is 2.72. The molecule has 0 aromatic carbocycles. The quantitative estimate of drug-likeness (QED) is 0.548. The van der Waals surface area contributed by atoms with Crippen molar-refractivity contribution >= 4 is 32.4 Å². The molecular weight excluding hydrogens is 184 g/mol. The van der Waals surface area contributed by atoms with Crippen LogP contribution in [0.2, 0.25) is 0 Å². The fourth-order valence-electron chi connectivity index (χ4n) is 1.51. The molecule has 0 radical (unpaired) electrons. The first kappa shape index (κ1) is 7.50. The zero-order valence-corrected chi connectivity index (χ0v) is 8.23. The van der Waals surface area contributed by atoms with Gasteiger partial charge in [0.05, 0.1) is 4.58 Å². The van der Waals surface area contributed by atoms with E-state index in [0.29, 0.717) is 9.83 Å². The molecule has 10 heavy (non-hydrogen) atoms. The molecule has 2 aliphatic heterocycles. The SMILES string of the molecule is CC1C[C@@H]2CSS[C@@H]2S1=O. The van der Waals surface area contributed by atoms with E-state index in [9.17, 15) is 4.21 Å². The molecule has 0 aromatic rings. The number of rotatable bonds is 0. The molecule has 0 amide bonds. The average molecular weight is 194 g/mol. The summed E-state index contributed by atoms with van der Waals surface area (Å²) in [7, 11) is 3.21. The van der Waals surface area contributed by atoms with Crippen LogP contribution in [-0.4, -0.2) is 19.8 Å². The Labute approximate surface area is 71.6 Å². The average Bonchev–Trinajstić information content (AvgIpc) is 2.41. The van der Waals surface area contributed by atoms with Crippen LogP contribution >= 0.6 is 21.6 Å². The predicted octanol–water partition coefficient (Wildman–Crippen LogP) is 1.86. The highest BCUT2D eigenvalue weighted by atomic mass is 33.1. The Kier molecular flexibility index (Phi) is 2.04. The summed E-state index contributed by atoms with van der Waals surface area (Å²) < 4.78 is 11.9. The lowest BCUT2D eigenvalue weighted by atomic mass is 10.1. The van der Waals surface area contributed by atoms with Crippen LogP contribution in [0.4, 0.5) is 0 Å². The number of hydrogen-bond acceptors (Lipinski definition) is 3. The van der Waals surface area contributed by atoms with E-state index in [1.165, 1.54) is 12.2 Å². The summed E-state index contributed by atoms with van der Waals surface area (Å²) in [5, 5.41) is 0.461. The Morgan fingerprint density at radius 2 is 2.40 bits per heavy atom. The second-order valence-corrected chi connectivity index (χ2v) is 7.71. The minimum Gasteiger partial charge on any atom is -0.258 e. The zero-order chi connectivity index (χ0) is 7.14. The van der Waals surface area contributed by atoms with Crippen molar-refractivity contribution in [2.75, 3.05) is 5.75 Å². The summed E-state index contributed by atoms with van der Waals surface area (Å²) in [5.74, 6) is 1.98. The molecule has 0 aromatic heterocycles. The molecule has 0 bridgehead atoms. The van der Waals surface area contributed by atoms with Crippen LogP contribution in [0.3, 0.4) is 0 Å². The summed E-state index contributed by atoms with van der Waals surface area (Å²) >= 11 is 0. The molecule has 58 valence electrons. The van der Waals surface area contributed by atoms with Crippen LogP contribution in [0.25, 0.3) is 0 Å². The zero-order valence-electron chi connectivity index (χ0n) is 5.78. The van der Waals surface area contributed by atoms with E-state index >= 15 is 0 Å². The molecule has 1 nitrogen and oxygen atoms in total. The molecule has 0 spiro atoms. The molecule has 2 heterocycles. The van der Waals surface area contributed by atoms with Crippen molar-refractivity contribution < 1.29 is 4.21 Å². The Hall–Kier alpha value is 0.850. The van der Waals surface area contributed by atoms with Crippen molar-refractivity contribution in [3.05, 3.63) is 0 Å². The van der Waals surface area contributed by atoms with Gasteiger partial charge in [-0.05, 0) is 12.3 Å². The lowest BCUT2D eigenvalue weighted by Crippen LogP contribution is -2.10. The normalized spacial score (nSPS) is 53.3. The van der Waals surface area contributed by atoms with Crippen LogP contribution in [0.1, 0.15) is 13.3 Å². The maximum Gasteiger partial charge on any atom is 0.0944 e. The van der Waals surface area contributed by atoms with E-state index < -0.39 is 10.8 Å². The summed E-state index contributed by atoms with van der Waals surface area (Å²) in [6.07, 6.45) is 1.19. The fourth-order valence-corrected chi connectivity index (χ4v) is 8.02. The molecule has 2 rings (SSSR count). The van der Waals surface area contributed by atoms with E-state index in [0.717, 1.165) is 5.92 Å². The van der Waals surface area contributed by atoms with Crippen LogP contribution in [0.15, 0.2) is 0 Å². The third kappa shape index (κ3) is 1.04. The van der Waals surface area contributed by atoms with E-state index in [2.05, 4.69) is 6.92 Å². The van der Waals surface area contributed by atoms with Crippen LogP contribution < -0.4 is 0 Å². The van der Waals surface area contributed by atoms with Gasteiger partial charge in [-0.2, -0.15) is 0 Å². The predicted molar refractivity (Wildman–Crippen MR) is 49.5 cm³/mol. The first-order valence-corrected chi connectivity index (χ1v) is 7.12. The minimum absolute atomic E-state index is 0.461. The second-order valence-electron chi connectivity index (χ2n) is 2.88. The lowest BCUT2D eigenvalue weighted by Gasteiger charge is -2.02. The molecule has 2 fully saturated rings. The van der Waals surface area contributed by atoms with E-state index in [1.807, 2.05) is 21.6 Å². The van der Waals surface area contributed by atoms with E-state index in [1.54, 1.807) is 0 Å². The molecule has 0 saturated carbocycles. The maximum atomic E-state index is 11.5. The third-order valence-electron chi connectivity index (χ3n) is 2.09. The molecular formula is C6H10OS3. The Morgan fingerprint density at radius 1 is 1.60 bits per heavy atom. The molecule has 2 aliphatic rings. The highest BCUT2D eigenvalue weighted by molar-refractivity contribution is 8.78. The molecule has 4 heteroatoms. The van der Waals surface area contributed by atoms with Gasteiger partial charge in [0.2, 0.25) is 0 Å². The number of fused-ring (bicyclic) bond motifs is 1. The first-order chi connectivity index (χ1) is 4.79. The molecule has 0 N–H and O–H groups in total. The standard InChI is InChI=1S/C6H10OS3/c1-4-2-5-3-8-9-6(5)10(4)7/h4-6H,2-3H2,1H3/t4?,5-,6-,10?/m1/s1. The maximum absolute atomic E-state index is 11.5. The smallest absolute Gasteiger partial charge is 0.0944 e. The molecule has 0 aliphatic carbocycles. The molecule has 2 unspecified atom stereocenters. The summed E-state index contributed by atoms with van der Waals surface area (Å²) in [5.41, 5.74) is 0. The topological polar surface area (TPSA) is 17.1 Å². The van der Waals surface area contributed by atoms with Gasteiger partial charge in [0, 0.05) is 21.8 Å². The van der Waals surface area contributed by atoms with Gasteiger partial charge in [-0.3, -0.25) is 4.21 Å². The van der Waals surface area contributed by atoms with E-state index in [4.69, 9.17) is 0 Å². The summed E-state index contributed by atoms with van der Waals surface area (Å²) in [6.45, 7) is 2.11.